The lowest BCUT2D eigenvalue weighted by atomic mass is 10.1. The molecule has 160 valence electrons. The SMILES string of the molecule is Cc1cc(-c2nc3ccccc3n2C)nc2c(C(=O)NC(C3CC3)C(F)(F)F)cnn12. The Labute approximate surface area is 174 Å². The maximum atomic E-state index is 13.4. The number of alkyl halides is 3. The summed E-state index contributed by atoms with van der Waals surface area (Å²) in [6.45, 7) is 1.79. The van der Waals surface area contributed by atoms with Crippen LogP contribution in [0.15, 0.2) is 36.5 Å². The van der Waals surface area contributed by atoms with E-state index in [1.165, 1.54) is 10.7 Å². The average molecular weight is 428 g/mol. The van der Waals surface area contributed by atoms with Crippen LogP contribution < -0.4 is 5.32 Å². The Balaban J connectivity index is 1.57. The number of halogens is 3. The van der Waals surface area contributed by atoms with E-state index in [4.69, 9.17) is 0 Å². The minimum absolute atomic E-state index is 0.00128. The highest BCUT2D eigenvalue weighted by Gasteiger charge is 2.49. The van der Waals surface area contributed by atoms with Crippen LogP contribution in [0.5, 0.6) is 0 Å². The summed E-state index contributed by atoms with van der Waals surface area (Å²) in [5.41, 5.74) is 3.09. The fraction of sp³-hybridized carbons (Fsp3) is 0.333. The van der Waals surface area contributed by atoms with E-state index in [-0.39, 0.29) is 11.2 Å². The van der Waals surface area contributed by atoms with Crippen molar-refractivity contribution in [1.82, 2.24) is 29.5 Å². The molecule has 3 heterocycles. The second-order valence-electron chi connectivity index (χ2n) is 7.89. The fourth-order valence-electron chi connectivity index (χ4n) is 3.88. The zero-order valence-corrected chi connectivity index (χ0v) is 16.8. The van der Waals surface area contributed by atoms with Crippen LogP contribution in [0, 0.1) is 12.8 Å². The number of nitrogens with zero attached hydrogens (tertiary/aromatic N) is 5. The molecule has 1 N–H and O–H groups in total. The molecule has 1 aliphatic carbocycles. The van der Waals surface area contributed by atoms with Gasteiger partial charge in [-0.05, 0) is 43.9 Å². The Morgan fingerprint density at radius 2 is 1.97 bits per heavy atom. The Hall–Kier alpha value is -3.43. The van der Waals surface area contributed by atoms with Crippen molar-refractivity contribution in [2.24, 2.45) is 13.0 Å². The molecule has 1 saturated carbocycles. The van der Waals surface area contributed by atoms with Gasteiger partial charge in [-0.1, -0.05) is 12.1 Å². The van der Waals surface area contributed by atoms with Crippen LogP contribution in [-0.2, 0) is 7.05 Å². The van der Waals surface area contributed by atoms with Crippen molar-refractivity contribution >= 4 is 22.6 Å². The molecule has 0 saturated heterocycles. The molecule has 3 aromatic heterocycles. The molecular formula is C21H19F3N6O. The van der Waals surface area contributed by atoms with Crippen LogP contribution in [0.4, 0.5) is 13.2 Å². The molecule has 5 rings (SSSR count). The van der Waals surface area contributed by atoms with Crippen molar-refractivity contribution < 1.29 is 18.0 Å². The quantitative estimate of drug-likeness (QED) is 0.538. The van der Waals surface area contributed by atoms with Gasteiger partial charge in [0, 0.05) is 12.7 Å². The summed E-state index contributed by atoms with van der Waals surface area (Å²) in [6, 6.07) is 7.54. The molecule has 10 heteroatoms. The third kappa shape index (κ3) is 3.31. The number of carbonyl (C=O) groups excluding carboxylic acids is 1. The fourth-order valence-corrected chi connectivity index (χ4v) is 3.88. The van der Waals surface area contributed by atoms with Gasteiger partial charge in [-0.15, -0.1) is 0 Å². The number of nitrogens with one attached hydrogen (secondary N) is 1. The van der Waals surface area contributed by atoms with Crippen molar-refractivity contribution in [2.45, 2.75) is 32.0 Å². The van der Waals surface area contributed by atoms with Crippen LogP contribution in [0.2, 0.25) is 0 Å². The maximum Gasteiger partial charge on any atom is 0.408 e. The summed E-state index contributed by atoms with van der Waals surface area (Å²) in [5.74, 6) is -0.820. The Bertz CT molecular complexity index is 1320. The van der Waals surface area contributed by atoms with Gasteiger partial charge in [0.05, 0.1) is 17.2 Å². The van der Waals surface area contributed by atoms with Crippen LogP contribution in [0.3, 0.4) is 0 Å². The first-order valence-corrected chi connectivity index (χ1v) is 9.89. The van der Waals surface area contributed by atoms with Crippen molar-refractivity contribution in [3.05, 3.63) is 47.8 Å². The zero-order valence-electron chi connectivity index (χ0n) is 16.8. The van der Waals surface area contributed by atoms with Crippen molar-refractivity contribution in [3.8, 4) is 11.5 Å². The average Bonchev–Trinajstić information content (AvgIpc) is 3.37. The van der Waals surface area contributed by atoms with E-state index >= 15 is 0 Å². The molecule has 1 aromatic carbocycles. The molecule has 1 fully saturated rings. The summed E-state index contributed by atoms with van der Waals surface area (Å²) in [6.07, 6.45) is -2.34. The maximum absolute atomic E-state index is 13.4. The Morgan fingerprint density at radius 1 is 1.23 bits per heavy atom. The van der Waals surface area contributed by atoms with Gasteiger partial charge in [0.1, 0.15) is 17.3 Å². The van der Waals surface area contributed by atoms with Crippen molar-refractivity contribution in [1.29, 1.82) is 0 Å². The molecule has 0 bridgehead atoms. The molecule has 1 unspecified atom stereocenters. The summed E-state index contributed by atoms with van der Waals surface area (Å²) < 4.78 is 43.4. The first-order valence-electron chi connectivity index (χ1n) is 9.89. The third-order valence-corrected chi connectivity index (χ3v) is 5.64. The first kappa shape index (κ1) is 19.5. The van der Waals surface area contributed by atoms with Crippen molar-refractivity contribution in [2.75, 3.05) is 0 Å². The van der Waals surface area contributed by atoms with Gasteiger partial charge in [0.15, 0.2) is 11.5 Å². The van der Waals surface area contributed by atoms with E-state index in [0.29, 0.717) is 30.1 Å². The molecule has 0 spiro atoms. The van der Waals surface area contributed by atoms with E-state index < -0.39 is 24.0 Å². The van der Waals surface area contributed by atoms with Gasteiger partial charge < -0.3 is 9.88 Å². The van der Waals surface area contributed by atoms with E-state index in [2.05, 4.69) is 20.4 Å². The number of rotatable bonds is 4. The standard InChI is InChI=1S/C21H19F3N6O/c1-11-9-15(19-26-14-5-3-4-6-16(14)29(19)2)27-18-13(10-25-30(11)18)20(31)28-17(12-7-8-12)21(22,23)24/h3-6,9-10,12,17H,7-8H2,1-2H3,(H,28,31). The molecule has 31 heavy (non-hydrogen) atoms. The normalized spacial score (nSPS) is 15.5. The zero-order chi connectivity index (χ0) is 21.9. The third-order valence-electron chi connectivity index (χ3n) is 5.64. The van der Waals surface area contributed by atoms with E-state index in [0.717, 1.165) is 11.0 Å². The van der Waals surface area contributed by atoms with Gasteiger partial charge in [-0.25, -0.2) is 14.5 Å². The predicted octanol–water partition coefficient (Wildman–Crippen LogP) is 3.66. The number of aryl methyl sites for hydroxylation is 2. The number of benzene rings is 1. The molecule has 0 aliphatic heterocycles. The van der Waals surface area contributed by atoms with Gasteiger partial charge >= 0.3 is 6.18 Å². The topological polar surface area (TPSA) is 77.1 Å². The van der Waals surface area contributed by atoms with Crippen LogP contribution in [0.25, 0.3) is 28.2 Å². The lowest BCUT2D eigenvalue weighted by Gasteiger charge is -2.20. The second-order valence-corrected chi connectivity index (χ2v) is 7.89. The predicted molar refractivity (Wildman–Crippen MR) is 107 cm³/mol. The number of imidazole rings is 1. The van der Waals surface area contributed by atoms with E-state index in [9.17, 15) is 18.0 Å². The largest absolute Gasteiger partial charge is 0.408 e. The lowest BCUT2D eigenvalue weighted by molar-refractivity contribution is -0.158. The molecule has 1 aliphatic rings. The van der Waals surface area contributed by atoms with E-state index in [1.807, 2.05) is 35.9 Å². The molecule has 0 radical (unpaired) electrons. The Morgan fingerprint density at radius 3 is 2.65 bits per heavy atom. The smallest absolute Gasteiger partial charge is 0.340 e. The first-order chi connectivity index (χ1) is 14.7. The molecule has 1 atom stereocenters. The summed E-state index contributed by atoms with van der Waals surface area (Å²) >= 11 is 0. The lowest BCUT2D eigenvalue weighted by Crippen LogP contribution is -2.46. The number of hydrogen-bond acceptors (Lipinski definition) is 4. The Kier molecular flexibility index (Phi) is 4.28. The highest BCUT2D eigenvalue weighted by atomic mass is 19.4. The van der Waals surface area contributed by atoms with Crippen LogP contribution >= 0.6 is 0 Å². The van der Waals surface area contributed by atoms with E-state index in [1.54, 1.807) is 13.0 Å². The highest BCUT2D eigenvalue weighted by Crippen LogP contribution is 2.40. The van der Waals surface area contributed by atoms with Crippen LogP contribution in [0.1, 0.15) is 28.9 Å². The minimum atomic E-state index is -4.50. The van der Waals surface area contributed by atoms with Gasteiger partial charge in [-0.2, -0.15) is 18.3 Å². The molecule has 1 amide bonds. The highest BCUT2D eigenvalue weighted by molar-refractivity contribution is 6.00. The summed E-state index contributed by atoms with van der Waals surface area (Å²) in [5, 5.41) is 6.30. The van der Waals surface area contributed by atoms with Crippen LogP contribution in [-0.4, -0.2) is 42.3 Å². The van der Waals surface area contributed by atoms with Gasteiger partial charge in [-0.3, -0.25) is 4.79 Å². The van der Waals surface area contributed by atoms with Crippen molar-refractivity contribution in [3.63, 3.8) is 0 Å². The number of aromatic nitrogens is 5. The molecular weight excluding hydrogens is 409 g/mol. The minimum Gasteiger partial charge on any atom is -0.340 e. The number of para-hydroxylation sites is 2. The number of carbonyl (C=O) groups is 1. The number of hydrogen-bond donors (Lipinski definition) is 1. The van der Waals surface area contributed by atoms with Gasteiger partial charge in [0.2, 0.25) is 0 Å². The monoisotopic (exact) mass is 428 g/mol. The second kappa shape index (κ2) is 6.79. The summed E-state index contributed by atoms with van der Waals surface area (Å²) in [7, 11) is 1.86. The van der Waals surface area contributed by atoms with Gasteiger partial charge in [0.25, 0.3) is 5.91 Å². The molecule has 4 aromatic rings. The number of fused-ring (bicyclic) bond motifs is 2. The summed E-state index contributed by atoms with van der Waals surface area (Å²) in [4.78, 5) is 21.9. The molecule has 7 nitrogen and oxygen atoms in total. The number of amides is 1.